The minimum Gasteiger partial charge on any atom is -0.387 e. The standard InChI is InChI=1S/C24H37N3O3/c1-23-9-7-17-16-8-10-24(29,13-30-2)12-15(16)3-4-18(17)19(23)5-6-20(23)21(28)11-22-25-14-26-27-22/h14-20,29H,3-13H2,1-2H3,(H,25,26,27). The normalized spacial score (nSPS) is 45.4. The average Bonchev–Trinajstić information content (AvgIpc) is 3.34. The lowest BCUT2D eigenvalue weighted by Gasteiger charge is -2.57. The van der Waals surface area contributed by atoms with Gasteiger partial charge in [0.25, 0.3) is 0 Å². The Morgan fingerprint density at radius 3 is 2.77 bits per heavy atom. The first-order chi connectivity index (χ1) is 14.4. The number of aromatic nitrogens is 3. The van der Waals surface area contributed by atoms with Crippen molar-refractivity contribution in [1.29, 1.82) is 0 Å². The number of hydrogen-bond donors (Lipinski definition) is 2. The highest BCUT2D eigenvalue weighted by Crippen LogP contribution is 2.64. The lowest BCUT2D eigenvalue weighted by Crippen LogP contribution is -2.52. The number of Topliss-reactive ketones (excluding diaryl/α,β-unsaturated/α-hetero) is 1. The van der Waals surface area contributed by atoms with Crippen molar-refractivity contribution in [2.45, 2.75) is 76.7 Å². The van der Waals surface area contributed by atoms with Gasteiger partial charge in [-0.1, -0.05) is 6.92 Å². The molecule has 4 aliphatic rings. The fourth-order valence-corrected chi connectivity index (χ4v) is 8.50. The molecule has 4 aliphatic carbocycles. The highest BCUT2D eigenvalue weighted by molar-refractivity contribution is 5.83. The van der Waals surface area contributed by atoms with Crippen molar-refractivity contribution >= 4 is 5.78 Å². The summed E-state index contributed by atoms with van der Waals surface area (Å²) in [6.45, 7) is 2.88. The number of aliphatic hydroxyl groups is 1. The zero-order chi connectivity index (χ0) is 20.9. The van der Waals surface area contributed by atoms with E-state index in [1.54, 1.807) is 7.11 Å². The molecule has 0 bridgehead atoms. The second kappa shape index (κ2) is 7.70. The smallest absolute Gasteiger partial charge is 0.144 e. The maximum Gasteiger partial charge on any atom is 0.144 e. The van der Waals surface area contributed by atoms with Crippen LogP contribution in [0.25, 0.3) is 0 Å². The molecule has 30 heavy (non-hydrogen) atoms. The number of aromatic amines is 1. The molecule has 1 heterocycles. The first-order valence-electron chi connectivity index (χ1n) is 12.0. The minimum absolute atomic E-state index is 0.149. The summed E-state index contributed by atoms with van der Waals surface area (Å²) in [4.78, 5) is 17.3. The van der Waals surface area contributed by atoms with Gasteiger partial charge in [-0.25, -0.2) is 4.98 Å². The number of ketones is 1. The van der Waals surface area contributed by atoms with Crippen LogP contribution in [0.4, 0.5) is 0 Å². The van der Waals surface area contributed by atoms with E-state index in [9.17, 15) is 9.90 Å². The van der Waals surface area contributed by atoms with Crippen molar-refractivity contribution in [1.82, 2.24) is 15.2 Å². The molecule has 4 fully saturated rings. The summed E-state index contributed by atoms with van der Waals surface area (Å²) in [6, 6.07) is 0. The summed E-state index contributed by atoms with van der Waals surface area (Å²) in [5.74, 6) is 4.87. The fraction of sp³-hybridized carbons (Fsp3) is 0.875. The Kier molecular flexibility index (Phi) is 5.29. The molecule has 1 aromatic heterocycles. The van der Waals surface area contributed by atoms with E-state index >= 15 is 0 Å². The van der Waals surface area contributed by atoms with E-state index in [-0.39, 0.29) is 11.3 Å². The second-order valence-corrected chi connectivity index (χ2v) is 11.1. The van der Waals surface area contributed by atoms with Crippen LogP contribution in [0.1, 0.15) is 70.5 Å². The summed E-state index contributed by atoms with van der Waals surface area (Å²) in [5, 5.41) is 17.7. The molecule has 4 saturated carbocycles. The van der Waals surface area contributed by atoms with Crippen molar-refractivity contribution in [3.8, 4) is 0 Å². The van der Waals surface area contributed by atoms with Crippen LogP contribution in [0.2, 0.25) is 0 Å². The molecular formula is C24H37N3O3. The number of hydrogen-bond acceptors (Lipinski definition) is 5. The van der Waals surface area contributed by atoms with E-state index in [1.807, 2.05) is 0 Å². The van der Waals surface area contributed by atoms with Crippen molar-refractivity contribution in [2.75, 3.05) is 13.7 Å². The van der Waals surface area contributed by atoms with Gasteiger partial charge in [-0.15, -0.1) is 0 Å². The van der Waals surface area contributed by atoms with Gasteiger partial charge in [-0.3, -0.25) is 9.89 Å². The van der Waals surface area contributed by atoms with Gasteiger partial charge in [0.2, 0.25) is 0 Å². The van der Waals surface area contributed by atoms with Crippen molar-refractivity contribution in [3.63, 3.8) is 0 Å². The number of nitrogens with zero attached hydrogens (tertiary/aromatic N) is 2. The third-order valence-corrected chi connectivity index (χ3v) is 9.71. The van der Waals surface area contributed by atoms with Crippen LogP contribution in [0.3, 0.4) is 0 Å². The molecule has 0 saturated heterocycles. The number of nitrogens with one attached hydrogen (secondary N) is 1. The van der Waals surface area contributed by atoms with Crippen LogP contribution in [-0.2, 0) is 16.0 Å². The van der Waals surface area contributed by atoms with Gasteiger partial charge in [-0.05, 0) is 92.8 Å². The molecule has 2 N–H and O–H groups in total. The lowest BCUT2D eigenvalue weighted by molar-refractivity contribution is -0.135. The molecule has 0 amide bonds. The number of fused-ring (bicyclic) bond motifs is 5. The zero-order valence-electron chi connectivity index (χ0n) is 18.5. The predicted octanol–water partition coefficient (Wildman–Crippen LogP) is 3.56. The van der Waals surface area contributed by atoms with Gasteiger partial charge < -0.3 is 9.84 Å². The van der Waals surface area contributed by atoms with E-state index in [0.29, 0.717) is 36.5 Å². The molecule has 6 nitrogen and oxygen atoms in total. The van der Waals surface area contributed by atoms with E-state index in [1.165, 1.54) is 38.4 Å². The molecule has 0 spiro atoms. The third kappa shape index (κ3) is 3.35. The summed E-state index contributed by atoms with van der Waals surface area (Å²) < 4.78 is 5.32. The van der Waals surface area contributed by atoms with Crippen LogP contribution < -0.4 is 0 Å². The van der Waals surface area contributed by atoms with E-state index in [0.717, 1.165) is 43.4 Å². The molecule has 6 heteroatoms. The molecule has 8 atom stereocenters. The first kappa shape index (κ1) is 20.6. The van der Waals surface area contributed by atoms with Gasteiger partial charge in [0, 0.05) is 13.0 Å². The fourth-order valence-electron chi connectivity index (χ4n) is 8.50. The minimum atomic E-state index is -0.614. The van der Waals surface area contributed by atoms with Gasteiger partial charge in [0.1, 0.15) is 17.9 Å². The molecule has 5 rings (SSSR count). The van der Waals surface area contributed by atoms with Crippen molar-refractivity contribution in [3.05, 3.63) is 12.2 Å². The summed E-state index contributed by atoms with van der Waals surface area (Å²) in [5.41, 5.74) is -0.464. The van der Waals surface area contributed by atoms with Crippen LogP contribution in [0.15, 0.2) is 6.33 Å². The maximum absolute atomic E-state index is 13.2. The van der Waals surface area contributed by atoms with E-state index in [4.69, 9.17) is 4.74 Å². The topological polar surface area (TPSA) is 88.1 Å². The van der Waals surface area contributed by atoms with Crippen LogP contribution in [0.5, 0.6) is 0 Å². The molecule has 0 aliphatic heterocycles. The van der Waals surface area contributed by atoms with Crippen molar-refractivity contribution in [2.24, 2.45) is 40.9 Å². The maximum atomic E-state index is 13.2. The highest BCUT2D eigenvalue weighted by Gasteiger charge is 2.58. The van der Waals surface area contributed by atoms with Crippen LogP contribution in [-0.4, -0.2) is 45.4 Å². The number of H-pyrrole nitrogens is 1. The largest absolute Gasteiger partial charge is 0.387 e. The van der Waals surface area contributed by atoms with Gasteiger partial charge in [-0.2, -0.15) is 5.10 Å². The predicted molar refractivity (Wildman–Crippen MR) is 113 cm³/mol. The van der Waals surface area contributed by atoms with E-state index < -0.39 is 5.60 Å². The molecule has 0 radical (unpaired) electrons. The second-order valence-electron chi connectivity index (χ2n) is 11.1. The summed E-state index contributed by atoms with van der Waals surface area (Å²) >= 11 is 0. The molecular weight excluding hydrogens is 378 g/mol. The molecule has 166 valence electrons. The zero-order valence-corrected chi connectivity index (χ0v) is 18.5. The van der Waals surface area contributed by atoms with Crippen LogP contribution >= 0.6 is 0 Å². The first-order valence-corrected chi connectivity index (χ1v) is 12.0. The Morgan fingerprint density at radius 2 is 2.00 bits per heavy atom. The monoisotopic (exact) mass is 415 g/mol. The molecule has 0 aromatic carbocycles. The lowest BCUT2D eigenvalue weighted by atomic mass is 9.49. The number of methoxy groups -OCH3 is 1. The average molecular weight is 416 g/mol. The number of carbonyl (C=O) groups is 1. The van der Waals surface area contributed by atoms with Crippen LogP contribution in [0, 0.1) is 40.9 Å². The summed E-state index contributed by atoms with van der Waals surface area (Å²) in [7, 11) is 1.70. The Morgan fingerprint density at radius 1 is 1.17 bits per heavy atom. The van der Waals surface area contributed by atoms with Gasteiger partial charge >= 0.3 is 0 Å². The number of carbonyl (C=O) groups excluding carboxylic acids is 1. The third-order valence-electron chi connectivity index (χ3n) is 9.71. The SMILES string of the molecule is COCC1(O)CCC2C(CCC3C2CCC2(C)C(C(=O)Cc4ncn[nH]4)CCC32)C1. The Labute approximate surface area is 179 Å². The van der Waals surface area contributed by atoms with E-state index in [2.05, 4.69) is 22.1 Å². The Balaban J connectivity index is 1.29. The van der Waals surface area contributed by atoms with Gasteiger partial charge in [0.05, 0.1) is 18.6 Å². The quantitative estimate of drug-likeness (QED) is 0.768. The molecule has 8 unspecified atom stereocenters. The van der Waals surface area contributed by atoms with Gasteiger partial charge in [0.15, 0.2) is 0 Å². The highest BCUT2D eigenvalue weighted by atomic mass is 16.5. The Hall–Kier alpha value is -1.27. The number of rotatable bonds is 5. The Bertz CT molecular complexity index is 768. The summed E-state index contributed by atoms with van der Waals surface area (Å²) in [6.07, 6.45) is 12.0. The number of ether oxygens (including phenoxy) is 1. The molecule has 1 aromatic rings. The van der Waals surface area contributed by atoms with Crippen molar-refractivity contribution < 1.29 is 14.6 Å².